The third-order valence-electron chi connectivity index (χ3n) is 4.69. The number of benzene rings is 2. The largest absolute Gasteiger partial charge is 0.478 e. The van der Waals surface area contributed by atoms with Crippen LogP contribution in [0.25, 0.3) is 11.3 Å². The normalized spacial score (nSPS) is 10.9. The Morgan fingerprint density at radius 1 is 1.03 bits per heavy atom. The van der Waals surface area contributed by atoms with Gasteiger partial charge in [-0.25, -0.2) is 10.2 Å². The number of carbonyl (C=O) groups is 1. The third kappa shape index (κ3) is 5.74. The van der Waals surface area contributed by atoms with Gasteiger partial charge >= 0.3 is 5.97 Å². The Balaban J connectivity index is 1.45. The third-order valence-corrected chi connectivity index (χ3v) is 4.69. The SMILES string of the molecule is CN(C)c1nc(NCc2ccccc2)nc(N/N=C\c2ccc(-c3cccc(C(=O)O)c3)o2)n1. The van der Waals surface area contributed by atoms with Gasteiger partial charge in [-0.3, -0.25) is 0 Å². The molecular formula is C24H23N7O3. The molecule has 0 fully saturated rings. The fraction of sp³-hybridized carbons (Fsp3) is 0.125. The first-order valence-corrected chi connectivity index (χ1v) is 10.4. The molecule has 0 aliphatic heterocycles. The number of rotatable bonds is 9. The number of nitrogens with one attached hydrogen (secondary N) is 2. The molecule has 0 saturated carbocycles. The van der Waals surface area contributed by atoms with Gasteiger partial charge in [0.25, 0.3) is 0 Å². The van der Waals surface area contributed by atoms with Crippen molar-refractivity contribution in [2.45, 2.75) is 6.54 Å². The standard InChI is InChI=1S/C24H23N7O3/c1-31(2)24-28-22(25-14-16-7-4-3-5-8-16)27-23(29-24)30-26-15-19-11-12-20(34-19)17-9-6-10-18(13-17)21(32)33/h3-13,15H,14H2,1-2H3,(H,32,33)(H2,25,27,28,29,30)/b26-15-. The van der Waals surface area contributed by atoms with Crippen molar-refractivity contribution in [1.82, 2.24) is 15.0 Å². The Kier molecular flexibility index (Phi) is 6.78. The average Bonchev–Trinajstić information content (AvgIpc) is 3.32. The number of furan rings is 1. The van der Waals surface area contributed by atoms with E-state index in [1.807, 2.05) is 44.4 Å². The number of hydrogen-bond acceptors (Lipinski definition) is 9. The fourth-order valence-electron chi connectivity index (χ4n) is 3.01. The van der Waals surface area contributed by atoms with E-state index in [2.05, 4.69) is 30.8 Å². The molecule has 0 unspecified atom stereocenters. The van der Waals surface area contributed by atoms with Crippen LogP contribution < -0.4 is 15.6 Å². The highest BCUT2D eigenvalue weighted by Crippen LogP contribution is 2.22. The number of aromatic nitrogens is 3. The van der Waals surface area contributed by atoms with Gasteiger partial charge in [-0.2, -0.15) is 20.1 Å². The summed E-state index contributed by atoms with van der Waals surface area (Å²) in [5, 5.41) is 16.5. The molecule has 2 heterocycles. The maximum atomic E-state index is 11.2. The lowest BCUT2D eigenvalue weighted by atomic mass is 10.1. The van der Waals surface area contributed by atoms with Crippen molar-refractivity contribution in [3.8, 4) is 11.3 Å². The summed E-state index contributed by atoms with van der Waals surface area (Å²) in [7, 11) is 3.68. The monoisotopic (exact) mass is 457 g/mol. The molecule has 0 bridgehead atoms. The molecule has 0 spiro atoms. The molecular weight excluding hydrogens is 434 g/mol. The minimum absolute atomic E-state index is 0.189. The minimum atomic E-state index is -0.994. The lowest BCUT2D eigenvalue weighted by Crippen LogP contribution is -2.16. The second-order valence-corrected chi connectivity index (χ2v) is 7.47. The van der Waals surface area contributed by atoms with E-state index in [0.717, 1.165) is 5.56 Å². The Bertz CT molecular complexity index is 1300. The topological polar surface area (TPSA) is 129 Å². The van der Waals surface area contributed by atoms with Gasteiger partial charge in [0.05, 0.1) is 11.8 Å². The molecule has 2 aromatic carbocycles. The molecule has 4 rings (SSSR count). The number of hydrazone groups is 1. The van der Waals surface area contributed by atoms with Crippen molar-refractivity contribution >= 4 is 30.0 Å². The fourth-order valence-corrected chi connectivity index (χ4v) is 3.01. The number of nitrogens with zero attached hydrogens (tertiary/aromatic N) is 5. The van der Waals surface area contributed by atoms with Gasteiger partial charge in [-0.1, -0.05) is 42.5 Å². The van der Waals surface area contributed by atoms with Crippen LogP contribution in [-0.2, 0) is 6.54 Å². The van der Waals surface area contributed by atoms with Crippen molar-refractivity contribution in [3.63, 3.8) is 0 Å². The highest BCUT2D eigenvalue weighted by atomic mass is 16.4. The molecule has 34 heavy (non-hydrogen) atoms. The van der Waals surface area contributed by atoms with Gasteiger partial charge in [-0.05, 0) is 29.8 Å². The maximum absolute atomic E-state index is 11.2. The van der Waals surface area contributed by atoms with Crippen LogP contribution in [0.1, 0.15) is 21.7 Å². The van der Waals surface area contributed by atoms with Crippen LogP contribution >= 0.6 is 0 Å². The number of carboxylic acids is 1. The molecule has 0 aliphatic rings. The number of aromatic carboxylic acids is 1. The first kappa shape index (κ1) is 22.5. The Labute approximate surface area is 196 Å². The Hall–Kier alpha value is -4.73. The van der Waals surface area contributed by atoms with E-state index in [1.165, 1.54) is 12.3 Å². The van der Waals surface area contributed by atoms with E-state index in [9.17, 15) is 4.79 Å². The summed E-state index contributed by atoms with van der Waals surface area (Å²) in [6.07, 6.45) is 1.49. The summed E-state index contributed by atoms with van der Waals surface area (Å²) >= 11 is 0. The lowest BCUT2D eigenvalue weighted by molar-refractivity contribution is 0.0697. The van der Waals surface area contributed by atoms with Gasteiger partial charge in [0.2, 0.25) is 17.8 Å². The number of hydrogen-bond donors (Lipinski definition) is 3. The second-order valence-electron chi connectivity index (χ2n) is 7.47. The highest BCUT2D eigenvalue weighted by molar-refractivity contribution is 5.89. The van der Waals surface area contributed by atoms with E-state index < -0.39 is 5.97 Å². The molecule has 0 aliphatic carbocycles. The summed E-state index contributed by atoms with van der Waals surface area (Å²) in [6, 6.07) is 20.0. The molecule has 0 amide bonds. The van der Waals surface area contributed by atoms with Gasteiger partial charge in [0.1, 0.15) is 11.5 Å². The van der Waals surface area contributed by atoms with Gasteiger partial charge in [-0.15, -0.1) is 0 Å². The van der Waals surface area contributed by atoms with Crippen LogP contribution in [0.15, 0.2) is 76.2 Å². The summed E-state index contributed by atoms with van der Waals surface area (Å²) in [5.41, 5.74) is 4.75. The van der Waals surface area contributed by atoms with Crippen molar-refractivity contribution in [2.24, 2.45) is 5.10 Å². The quantitative estimate of drug-likeness (QED) is 0.253. The van der Waals surface area contributed by atoms with E-state index in [1.54, 1.807) is 35.2 Å². The van der Waals surface area contributed by atoms with E-state index in [0.29, 0.717) is 35.5 Å². The van der Waals surface area contributed by atoms with E-state index >= 15 is 0 Å². The predicted molar refractivity (Wildman–Crippen MR) is 130 cm³/mol. The zero-order valence-corrected chi connectivity index (χ0v) is 18.6. The summed E-state index contributed by atoms with van der Waals surface area (Å²) in [4.78, 5) is 26.1. The van der Waals surface area contributed by atoms with Gasteiger partial charge in [0.15, 0.2) is 0 Å². The van der Waals surface area contributed by atoms with Crippen LogP contribution in [0.5, 0.6) is 0 Å². The van der Waals surface area contributed by atoms with Crippen LogP contribution in [0, 0.1) is 0 Å². The molecule has 2 aromatic heterocycles. The van der Waals surface area contributed by atoms with Gasteiger partial charge < -0.3 is 19.7 Å². The van der Waals surface area contributed by atoms with Crippen LogP contribution in [0.4, 0.5) is 17.8 Å². The van der Waals surface area contributed by atoms with Crippen molar-refractivity contribution in [3.05, 3.63) is 83.6 Å². The molecule has 0 radical (unpaired) electrons. The van der Waals surface area contributed by atoms with Crippen molar-refractivity contribution in [1.29, 1.82) is 0 Å². The van der Waals surface area contributed by atoms with Crippen molar-refractivity contribution in [2.75, 3.05) is 29.7 Å². The predicted octanol–water partition coefficient (Wildman–Crippen LogP) is 3.95. The van der Waals surface area contributed by atoms with E-state index in [-0.39, 0.29) is 11.5 Å². The summed E-state index contributed by atoms with van der Waals surface area (Å²) < 4.78 is 5.76. The summed E-state index contributed by atoms with van der Waals surface area (Å²) in [6.45, 7) is 0.568. The van der Waals surface area contributed by atoms with Crippen molar-refractivity contribution < 1.29 is 14.3 Å². The first-order chi connectivity index (χ1) is 16.5. The smallest absolute Gasteiger partial charge is 0.335 e. The Morgan fingerprint density at radius 3 is 2.59 bits per heavy atom. The highest BCUT2D eigenvalue weighted by Gasteiger charge is 2.09. The minimum Gasteiger partial charge on any atom is -0.478 e. The summed E-state index contributed by atoms with van der Waals surface area (Å²) in [5.74, 6) is 1.18. The second kappa shape index (κ2) is 10.3. The molecule has 0 atom stereocenters. The van der Waals surface area contributed by atoms with Crippen LogP contribution in [0.2, 0.25) is 0 Å². The first-order valence-electron chi connectivity index (χ1n) is 10.4. The zero-order chi connectivity index (χ0) is 23.9. The molecule has 3 N–H and O–H groups in total. The number of carboxylic acid groups (broad SMARTS) is 1. The molecule has 10 nitrogen and oxygen atoms in total. The molecule has 172 valence electrons. The van der Waals surface area contributed by atoms with E-state index in [4.69, 9.17) is 9.52 Å². The zero-order valence-electron chi connectivity index (χ0n) is 18.6. The van der Waals surface area contributed by atoms with Crippen LogP contribution in [-0.4, -0.2) is 46.3 Å². The molecule has 4 aromatic rings. The molecule has 10 heteroatoms. The average molecular weight is 457 g/mol. The maximum Gasteiger partial charge on any atom is 0.335 e. The number of anilines is 3. The van der Waals surface area contributed by atoms with Crippen LogP contribution in [0.3, 0.4) is 0 Å². The van der Waals surface area contributed by atoms with Gasteiger partial charge in [0, 0.05) is 26.2 Å². The Morgan fingerprint density at radius 2 is 1.82 bits per heavy atom. The molecule has 0 saturated heterocycles. The lowest BCUT2D eigenvalue weighted by Gasteiger charge is -2.13.